The average molecular weight is 185 g/mol. The summed E-state index contributed by atoms with van der Waals surface area (Å²) in [5.74, 6) is 0. The van der Waals surface area contributed by atoms with Crippen molar-refractivity contribution in [3.63, 3.8) is 0 Å². The number of benzene rings is 1. The van der Waals surface area contributed by atoms with E-state index in [0.29, 0.717) is 6.54 Å². The van der Waals surface area contributed by atoms with Gasteiger partial charge in [-0.2, -0.15) is 0 Å². The van der Waals surface area contributed by atoms with Crippen molar-refractivity contribution in [3.05, 3.63) is 34.9 Å². The first-order valence-electron chi connectivity index (χ1n) is 3.95. The molecule has 3 heteroatoms. The third-order valence-electron chi connectivity index (χ3n) is 1.78. The quantitative estimate of drug-likeness (QED) is 0.751. The van der Waals surface area contributed by atoms with Crippen molar-refractivity contribution >= 4 is 11.6 Å². The molecule has 1 aromatic carbocycles. The van der Waals surface area contributed by atoms with Gasteiger partial charge in [-0.15, -0.1) is 0 Å². The lowest BCUT2D eigenvalue weighted by Gasteiger charge is -2.09. The lowest BCUT2D eigenvalue weighted by atomic mass is 10.1. The molecule has 0 aromatic heterocycles. The molecule has 0 saturated carbocycles. The van der Waals surface area contributed by atoms with Gasteiger partial charge in [-0.05, 0) is 30.7 Å². The predicted octanol–water partition coefficient (Wildman–Crippen LogP) is 1.69. The van der Waals surface area contributed by atoms with E-state index in [1.807, 2.05) is 24.3 Å². The van der Waals surface area contributed by atoms with Gasteiger partial charge in [0.05, 0.1) is 0 Å². The zero-order valence-corrected chi connectivity index (χ0v) is 7.59. The molecule has 1 aromatic rings. The van der Waals surface area contributed by atoms with Crippen LogP contribution in [-0.4, -0.2) is 6.54 Å². The second kappa shape index (κ2) is 4.45. The number of hydrogen-bond acceptors (Lipinski definition) is 2. The highest BCUT2D eigenvalue weighted by molar-refractivity contribution is 6.30. The third kappa shape index (κ3) is 2.48. The van der Waals surface area contributed by atoms with Gasteiger partial charge >= 0.3 is 0 Å². The Balaban J connectivity index is 2.68. The van der Waals surface area contributed by atoms with Gasteiger partial charge in [-0.1, -0.05) is 23.7 Å². The fraction of sp³-hybridized carbons (Fsp3) is 0.333. The molecule has 2 nitrogen and oxygen atoms in total. The monoisotopic (exact) mass is 184 g/mol. The summed E-state index contributed by atoms with van der Waals surface area (Å²) in [6, 6.07) is 7.58. The normalized spacial score (nSPS) is 12.9. The number of nitrogens with two attached hydrogens (primary N) is 2. The van der Waals surface area contributed by atoms with Crippen LogP contribution >= 0.6 is 11.6 Å². The van der Waals surface area contributed by atoms with Gasteiger partial charge in [0, 0.05) is 11.1 Å². The van der Waals surface area contributed by atoms with Crippen molar-refractivity contribution < 1.29 is 0 Å². The zero-order chi connectivity index (χ0) is 8.97. The Kier molecular flexibility index (Phi) is 3.53. The molecule has 1 rings (SSSR count). The minimum Gasteiger partial charge on any atom is -0.330 e. The molecule has 66 valence electrons. The predicted molar refractivity (Wildman–Crippen MR) is 52.1 cm³/mol. The van der Waals surface area contributed by atoms with Crippen LogP contribution in [0.15, 0.2) is 24.3 Å². The van der Waals surface area contributed by atoms with Crippen LogP contribution in [0.2, 0.25) is 5.02 Å². The molecule has 0 bridgehead atoms. The summed E-state index contributed by atoms with van der Waals surface area (Å²) >= 11 is 5.73. The molecule has 0 aliphatic rings. The fourth-order valence-electron chi connectivity index (χ4n) is 1.06. The van der Waals surface area contributed by atoms with Gasteiger partial charge in [0.25, 0.3) is 0 Å². The number of halogens is 1. The van der Waals surface area contributed by atoms with Crippen LogP contribution < -0.4 is 11.5 Å². The minimum absolute atomic E-state index is 0.0345. The summed E-state index contributed by atoms with van der Waals surface area (Å²) in [5.41, 5.74) is 12.3. The Labute approximate surface area is 77.5 Å². The molecule has 4 N–H and O–H groups in total. The van der Waals surface area contributed by atoms with E-state index >= 15 is 0 Å². The first kappa shape index (κ1) is 9.52. The Morgan fingerprint density at radius 2 is 1.83 bits per heavy atom. The number of rotatable bonds is 3. The van der Waals surface area contributed by atoms with E-state index < -0.39 is 0 Å². The van der Waals surface area contributed by atoms with Crippen molar-refractivity contribution in [2.24, 2.45) is 11.5 Å². The molecule has 0 radical (unpaired) electrons. The van der Waals surface area contributed by atoms with E-state index in [4.69, 9.17) is 23.1 Å². The molecule has 12 heavy (non-hydrogen) atoms. The van der Waals surface area contributed by atoms with E-state index in [1.165, 1.54) is 0 Å². The SMILES string of the molecule is NCCC(N)c1ccc(Cl)cc1. The maximum absolute atomic E-state index is 5.83. The molecule has 0 spiro atoms. The van der Waals surface area contributed by atoms with E-state index in [9.17, 15) is 0 Å². The minimum atomic E-state index is 0.0345. The second-order valence-electron chi connectivity index (χ2n) is 2.74. The molecule has 0 fully saturated rings. The van der Waals surface area contributed by atoms with E-state index in [1.54, 1.807) is 0 Å². The molecule has 1 unspecified atom stereocenters. The van der Waals surface area contributed by atoms with Crippen LogP contribution in [0.25, 0.3) is 0 Å². The second-order valence-corrected chi connectivity index (χ2v) is 3.17. The van der Waals surface area contributed by atoms with Gasteiger partial charge in [-0.3, -0.25) is 0 Å². The van der Waals surface area contributed by atoms with Gasteiger partial charge in [0.15, 0.2) is 0 Å². The van der Waals surface area contributed by atoms with Crippen molar-refractivity contribution in [3.8, 4) is 0 Å². The van der Waals surface area contributed by atoms with Gasteiger partial charge in [0.1, 0.15) is 0 Å². The van der Waals surface area contributed by atoms with Crippen LogP contribution in [-0.2, 0) is 0 Å². The van der Waals surface area contributed by atoms with Crippen LogP contribution in [0, 0.1) is 0 Å². The van der Waals surface area contributed by atoms with Gasteiger partial charge in [0.2, 0.25) is 0 Å². The standard InChI is InChI=1S/C9H13ClN2/c10-8-3-1-7(2-4-8)9(12)5-6-11/h1-4,9H,5-6,11-12H2. The summed E-state index contributed by atoms with van der Waals surface area (Å²) in [4.78, 5) is 0. The Morgan fingerprint density at radius 1 is 1.25 bits per heavy atom. The zero-order valence-electron chi connectivity index (χ0n) is 6.83. The maximum Gasteiger partial charge on any atom is 0.0406 e. The van der Waals surface area contributed by atoms with Gasteiger partial charge in [-0.25, -0.2) is 0 Å². The van der Waals surface area contributed by atoms with Crippen molar-refractivity contribution in [2.75, 3.05) is 6.54 Å². The molecule has 0 saturated heterocycles. The molecule has 0 aliphatic heterocycles. The maximum atomic E-state index is 5.83. The lowest BCUT2D eigenvalue weighted by Crippen LogP contribution is -2.14. The summed E-state index contributed by atoms with van der Waals surface area (Å²) in [7, 11) is 0. The molecular weight excluding hydrogens is 172 g/mol. The lowest BCUT2D eigenvalue weighted by molar-refractivity contribution is 0.661. The van der Waals surface area contributed by atoms with E-state index in [-0.39, 0.29) is 6.04 Å². The highest BCUT2D eigenvalue weighted by atomic mass is 35.5. The van der Waals surface area contributed by atoms with Crippen molar-refractivity contribution in [1.82, 2.24) is 0 Å². The van der Waals surface area contributed by atoms with E-state index in [2.05, 4.69) is 0 Å². The van der Waals surface area contributed by atoms with Crippen LogP contribution in [0.1, 0.15) is 18.0 Å². The summed E-state index contributed by atoms with van der Waals surface area (Å²) in [6.45, 7) is 0.615. The Hall–Kier alpha value is -0.570. The Morgan fingerprint density at radius 3 is 2.33 bits per heavy atom. The van der Waals surface area contributed by atoms with Crippen molar-refractivity contribution in [1.29, 1.82) is 0 Å². The van der Waals surface area contributed by atoms with Crippen LogP contribution in [0.5, 0.6) is 0 Å². The van der Waals surface area contributed by atoms with Gasteiger partial charge < -0.3 is 11.5 Å². The fourth-order valence-corrected chi connectivity index (χ4v) is 1.18. The first-order valence-corrected chi connectivity index (χ1v) is 4.33. The molecule has 1 atom stereocenters. The Bertz CT molecular complexity index is 233. The first-order chi connectivity index (χ1) is 5.74. The molecule has 0 aliphatic carbocycles. The third-order valence-corrected chi connectivity index (χ3v) is 2.03. The smallest absolute Gasteiger partial charge is 0.0406 e. The highest BCUT2D eigenvalue weighted by Gasteiger charge is 2.03. The molecular formula is C9H13ClN2. The van der Waals surface area contributed by atoms with Crippen LogP contribution in [0.3, 0.4) is 0 Å². The molecule has 0 amide bonds. The molecule has 0 heterocycles. The van der Waals surface area contributed by atoms with Crippen LogP contribution in [0.4, 0.5) is 0 Å². The summed E-state index contributed by atoms with van der Waals surface area (Å²) in [6.07, 6.45) is 0.807. The summed E-state index contributed by atoms with van der Waals surface area (Å²) in [5, 5.41) is 0.735. The highest BCUT2D eigenvalue weighted by Crippen LogP contribution is 2.16. The topological polar surface area (TPSA) is 52.0 Å². The average Bonchev–Trinajstić information content (AvgIpc) is 2.06. The van der Waals surface area contributed by atoms with E-state index in [0.717, 1.165) is 17.0 Å². The largest absolute Gasteiger partial charge is 0.330 e. The summed E-state index contributed by atoms with van der Waals surface area (Å²) < 4.78 is 0. The van der Waals surface area contributed by atoms with Crippen molar-refractivity contribution in [2.45, 2.75) is 12.5 Å². The number of hydrogen-bond donors (Lipinski definition) is 2.